The molecule has 1 heterocycles. The molecule has 0 bridgehead atoms. The van der Waals surface area contributed by atoms with Crippen molar-refractivity contribution in [1.29, 1.82) is 0 Å². The maximum Gasteiger partial charge on any atom is 0.193 e. The van der Waals surface area contributed by atoms with E-state index in [4.69, 9.17) is 4.74 Å². The Bertz CT molecular complexity index is 622. The highest BCUT2D eigenvalue weighted by Crippen LogP contribution is 2.27. The first-order valence-electron chi connectivity index (χ1n) is 6.88. The zero-order chi connectivity index (χ0) is 14.1. The second-order valence-electron chi connectivity index (χ2n) is 5.31. The predicted molar refractivity (Wildman–Crippen MR) is 77.2 cm³/mol. The van der Waals surface area contributed by atoms with Crippen molar-refractivity contribution in [1.82, 2.24) is 4.98 Å². The van der Waals surface area contributed by atoms with Gasteiger partial charge in [-0.1, -0.05) is 0 Å². The minimum Gasteiger partial charge on any atom is -0.490 e. The van der Waals surface area contributed by atoms with Crippen molar-refractivity contribution in [2.45, 2.75) is 32.8 Å². The Morgan fingerprint density at radius 1 is 1.05 bits per heavy atom. The molecule has 3 nitrogen and oxygen atoms in total. The van der Waals surface area contributed by atoms with Crippen LogP contribution in [-0.2, 0) is 0 Å². The molecule has 102 valence electrons. The van der Waals surface area contributed by atoms with Gasteiger partial charge < -0.3 is 4.74 Å². The number of carbonyl (C=O) groups excluding carboxylic acids is 1. The number of pyridine rings is 1. The average Bonchev–Trinajstić information content (AvgIpc) is 3.22. The van der Waals surface area contributed by atoms with Gasteiger partial charge in [0, 0.05) is 22.5 Å². The van der Waals surface area contributed by atoms with Crippen LogP contribution in [0.3, 0.4) is 0 Å². The van der Waals surface area contributed by atoms with Crippen LogP contribution < -0.4 is 4.74 Å². The number of benzene rings is 1. The van der Waals surface area contributed by atoms with Crippen LogP contribution in [0.15, 0.2) is 36.4 Å². The molecule has 0 saturated heterocycles. The predicted octanol–water partition coefficient (Wildman–Crippen LogP) is 3.47. The van der Waals surface area contributed by atoms with Gasteiger partial charge in [0.2, 0.25) is 0 Å². The average molecular weight is 267 g/mol. The molecule has 1 aromatic heterocycles. The Kier molecular flexibility index (Phi) is 3.26. The zero-order valence-corrected chi connectivity index (χ0v) is 11.7. The molecule has 1 aliphatic rings. The number of carbonyl (C=O) groups is 1. The maximum absolute atomic E-state index is 12.4. The molecule has 2 aromatic rings. The van der Waals surface area contributed by atoms with Gasteiger partial charge in [0.15, 0.2) is 5.78 Å². The summed E-state index contributed by atoms with van der Waals surface area (Å²) >= 11 is 0. The van der Waals surface area contributed by atoms with E-state index in [1.165, 1.54) is 0 Å². The summed E-state index contributed by atoms with van der Waals surface area (Å²) < 4.78 is 5.68. The molecule has 0 N–H and O–H groups in total. The van der Waals surface area contributed by atoms with Gasteiger partial charge in [-0.05, 0) is 63.1 Å². The highest BCUT2D eigenvalue weighted by molar-refractivity contribution is 6.09. The highest BCUT2D eigenvalue weighted by atomic mass is 16.5. The number of aryl methyl sites for hydroxylation is 2. The number of hydrogen-bond donors (Lipinski definition) is 0. The third kappa shape index (κ3) is 2.87. The number of rotatable bonds is 4. The van der Waals surface area contributed by atoms with Crippen LogP contribution in [0.4, 0.5) is 0 Å². The summed E-state index contributed by atoms with van der Waals surface area (Å²) in [5, 5.41) is 0. The molecule has 20 heavy (non-hydrogen) atoms. The zero-order valence-electron chi connectivity index (χ0n) is 11.7. The summed E-state index contributed by atoms with van der Waals surface area (Å²) in [7, 11) is 0. The topological polar surface area (TPSA) is 39.2 Å². The Morgan fingerprint density at radius 3 is 2.20 bits per heavy atom. The van der Waals surface area contributed by atoms with Crippen LogP contribution in [0.5, 0.6) is 5.75 Å². The fraction of sp³-hybridized carbons (Fsp3) is 0.294. The Balaban J connectivity index is 1.81. The third-order valence-corrected chi connectivity index (χ3v) is 3.29. The molecular formula is C17H17NO2. The molecule has 3 heteroatoms. The van der Waals surface area contributed by atoms with Crippen molar-refractivity contribution in [3.63, 3.8) is 0 Å². The number of ether oxygens (including phenoxy) is 1. The molecule has 0 unspecified atom stereocenters. The van der Waals surface area contributed by atoms with Crippen LogP contribution in [-0.4, -0.2) is 16.9 Å². The lowest BCUT2D eigenvalue weighted by Crippen LogP contribution is -2.04. The molecule has 1 aromatic carbocycles. The molecule has 0 amide bonds. The van der Waals surface area contributed by atoms with E-state index in [1.54, 1.807) is 0 Å². The van der Waals surface area contributed by atoms with Gasteiger partial charge in [0.05, 0.1) is 6.10 Å². The number of nitrogens with zero attached hydrogens (tertiary/aromatic N) is 1. The summed E-state index contributed by atoms with van der Waals surface area (Å²) in [5.41, 5.74) is 3.09. The van der Waals surface area contributed by atoms with Crippen molar-refractivity contribution in [2.75, 3.05) is 0 Å². The minimum atomic E-state index is 0.0246. The Morgan fingerprint density at radius 2 is 1.65 bits per heavy atom. The Labute approximate surface area is 118 Å². The third-order valence-electron chi connectivity index (χ3n) is 3.29. The van der Waals surface area contributed by atoms with E-state index >= 15 is 0 Å². The van der Waals surface area contributed by atoms with E-state index < -0.39 is 0 Å². The van der Waals surface area contributed by atoms with Crippen molar-refractivity contribution in [3.8, 4) is 5.75 Å². The Hall–Kier alpha value is -2.16. The summed E-state index contributed by atoms with van der Waals surface area (Å²) in [6.07, 6.45) is 2.65. The lowest BCUT2D eigenvalue weighted by Gasteiger charge is -2.06. The monoisotopic (exact) mass is 267 g/mol. The van der Waals surface area contributed by atoms with E-state index in [9.17, 15) is 4.79 Å². The van der Waals surface area contributed by atoms with Gasteiger partial charge in [0.1, 0.15) is 5.75 Å². The number of ketones is 1. The molecule has 1 fully saturated rings. The summed E-state index contributed by atoms with van der Waals surface area (Å²) in [4.78, 5) is 16.7. The summed E-state index contributed by atoms with van der Waals surface area (Å²) in [6, 6.07) is 11.0. The molecule has 0 spiro atoms. The van der Waals surface area contributed by atoms with Crippen LogP contribution in [0, 0.1) is 13.8 Å². The van der Waals surface area contributed by atoms with E-state index in [1.807, 2.05) is 50.2 Å². The maximum atomic E-state index is 12.4. The van der Waals surface area contributed by atoms with E-state index in [2.05, 4.69) is 4.98 Å². The second-order valence-corrected chi connectivity index (χ2v) is 5.31. The van der Waals surface area contributed by atoms with Crippen molar-refractivity contribution >= 4 is 5.78 Å². The number of hydrogen-bond acceptors (Lipinski definition) is 3. The van der Waals surface area contributed by atoms with Crippen LogP contribution in [0.25, 0.3) is 0 Å². The van der Waals surface area contributed by atoms with Gasteiger partial charge in [-0.25, -0.2) is 0 Å². The van der Waals surface area contributed by atoms with Crippen LogP contribution in [0.2, 0.25) is 0 Å². The lowest BCUT2D eigenvalue weighted by atomic mass is 10.0. The highest BCUT2D eigenvalue weighted by Gasteiger charge is 2.23. The first-order valence-corrected chi connectivity index (χ1v) is 6.88. The van der Waals surface area contributed by atoms with Crippen molar-refractivity contribution in [2.24, 2.45) is 0 Å². The quantitative estimate of drug-likeness (QED) is 0.796. The van der Waals surface area contributed by atoms with Gasteiger partial charge >= 0.3 is 0 Å². The lowest BCUT2D eigenvalue weighted by molar-refractivity contribution is 0.103. The number of aromatic nitrogens is 1. The minimum absolute atomic E-state index is 0.0246. The fourth-order valence-corrected chi connectivity index (χ4v) is 2.20. The summed E-state index contributed by atoms with van der Waals surface area (Å²) in [6.45, 7) is 3.80. The molecule has 0 atom stereocenters. The van der Waals surface area contributed by atoms with Gasteiger partial charge in [-0.3, -0.25) is 9.78 Å². The van der Waals surface area contributed by atoms with E-state index in [0.717, 1.165) is 30.0 Å². The second kappa shape index (κ2) is 5.08. The SMILES string of the molecule is Cc1cc(C(=O)c2ccc(OC3CC3)cc2)cc(C)n1. The normalized spacial score (nSPS) is 14.1. The molecule has 0 radical (unpaired) electrons. The van der Waals surface area contributed by atoms with Crippen molar-refractivity contribution < 1.29 is 9.53 Å². The fourth-order valence-electron chi connectivity index (χ4n) is 2.20. The molecule has 1 aliphatic carbocycles. The first kappa shape index (κ1) is 12.9. The summed E-state index contributed by atoms with van der Waals surface area (Å²) in [5.74, 6) is 0.864. The largest absolute Gasteiger partial charge is 0.490 e. The van der Waals surface area contributed by atoms with Gasteiger partial charge in [-0.2, -0.15) is 0 Å². The van der Waals surface area contributed by atoms with Crippen LogP contribution >= 0.6 is 0 Å². The van der Waals surface area contributed by atoms with Crippen molar-refractivity contribution in [3.05, 3.63) is 58.9 Å². The smallest absolute Gasteiger partial charge is 0.193 e. The van der Waals surface area contributed by atoms with E-state index in [-0.39, 0.29) is 5.78 Å². The van der Waals surface area contributed by atoms with Crippen LogP contribution in [0.1, 0.15) is 40.2 Å². The van der Waals surface area contributed by atoms with Gasteiger partial charge in [0.25, 0.3) is 0 Å². The molecule has 1 saturated carbocycles. The van der Waals surface area contributed by atoms with Gasteiger partial charge in [-0.15, -0.1) is 0 Å². The molecule has 3 rings (SSSR count). The molecule has 0 aliphatic heterocycles. The standard InChI is InChI=1S/C17H17NO2/c1-11-9-14(10-12(2)18-11)17(19)13-3-5-15(6-4-13)20-16-7-8-16/h3-6,9-10,16H,7-8H2,1-2H3. The van der Waals surface area contributed by atoms with E-state index in [0.29, 0.717) is 17.2 Å². The first-order chi connectivity index (χ1) is 9.61. The molecular weight excluding hydrogens is 250 g/mol.